The molecule has 1 heterocycles. The Labute approximate surface area is 188 Å². The van der Waals surface area contributed by atoms with E-state index in [-0.39, 0.29) is 47.2 Å². The van der Waals surface area contributed by atoms with Crippen molar-refractivity contribution in [2.45, 2.75) is 25.9 Å². The van der Waals surface area contributed by atoms with Gasteiger partial charge in [0.15, 0.2) is 34.5 Å². The summed E-state index contributed by atoms with van der Waals surface area (Å²) in [6.07, 6.45) is -0.768. The number of fused-ring (bicyclic) bond motifs is 1. The maximum Gasteiger partial charge on any atom is 0.200 e. The Kier molecular flexibility index (Phi) is 5.33. The molecule has 0 saturated heterocycles. The van der Waals surface area contributed by atoms with Crippen LogP contribution >= 0.6 is 0 Å². The normalized spacial score (nSPS) is 17.2. The number of carbonyl (C=O) groups is 1. The Bertz CT molecular complexity index is 1220. The van der Waals surface area contributed by atoms with Gasteiger partial charge in [-0.3, -0.25) is 4.79 Å². The first-order valence-electron chi connectivity index (χ1n) is 10.1. The van der Waals surface area contributed by atoms with Crippen molar-refractivity contribution >= 4 is 5.78 Å². The Morgan fingerprint density at radius 2 is 1.48 bits per heavy atom. The predicted molar refractivity (Wildman–Crippen MR) is 115 cm³/mol. The number of carbonyl (C=O) groups excluding carboxylic acids is 1. The van der Waals surface area contributed by atoms with Crippen molar-refractivity contribution in [3.05, 3.63) is 58.7 Å². The van der Waals surface area contributed by atoms with Gasteiger partial charge in [-0.1, -0.05) is 0 Å². The zero-order valence-corrected chi connectivity index (χ0v) is 17.5. The van der Waals surface area contributed by atoms with E-state index in [0.29, 0.717) is 16.7 Å². The Balaban J connectivity index is 1.75. The number of aromatic hydroxyl groups is 7. The van der Waals surface area contributed by atoms with Crippen molar-refractivity contribution in [1.29, 1.82) is 0 Å². The average molecular weight is 454 g/mol. The number of ketones is 1. The summed E-state index contributed by atoms with van der Waals surface area (Å²) < 4.78 is 6.04. The quantitative estimate of drug-likeness (QED) is 0.230. The number of hydrogen-bond donors (Lipinski definition) is 7. The van der Waals surface area contributed by atoms with E-state index in [0.717, 1.165) is 18.2 Å². The predicted octanol–water partition coefficient (Wildman–Crippen LogP) is 3.50. The van der Waals surface area contributed by atoms with Crippen molar-refractivity contribution < 1.29 is 45.3 Å². The lowest BCUT2D eigenvalue weighted by Crippen LogP contribution is -2.28. The third-order valence-corrected chi connectivity index (χ3v) is 5.79. The number of hydrogen-bond acceptors (Lipinski definition) is 9. The average Bonchev–Trinajstić information content (AvgIpc) is 2.75. The van der Waals surface area contributed by atoms with Gasteiger partial charge in [0.05, 0.1) is 0 Å². The summed E-state index contributed by atoms with van der Waals surface area (Å²) in [5.74, 6) is -3.91. The van der Waals surface area contributed by atoms with Gasteiger partial charge in [-0.2, -0.15) is 0 Å². The van der Waals surface area contributed by atoms with Gasteiger partial charge in [-0.15, -0.1) is 0 Å². The van der Waals surface area contributed by atoms with Crippen molar-refractivity contribution in [2.75, 3.05) is 0 Å². The van der Waals surface area contributed by atoms with Crippen LogP contribution in [0.4, 0.5) is 0 Å². The van der Waals surface area contributed by atoms with Gasteiger partial charge >= 0.3 is 0 Å². The summed E-state index contributed by atoms with van der Waals surface area (Å²) >= 11 is 0. The van der Waals surface area contributed by atoms with Gasteiger partial charge < -0.3 is 40.5 Å². The monoisotopic (exact) mass is 454 g/mol. The van der Waals surface area contributed by atoms with Crippen LogP contribution in [-0.2, 0) is 6.42 Å². The molecular weight excluding hydrogens is 432 g/mol. The summed E-state index contributed by atoms with van der Waals surface area (Å²) in [6.45, 7) is 1.59. The van der Waals surface area contributed by atoms with Crippen LogP contribution in [0.15, 0.2) is 36.4 Å². The molecule has 0 bridgehead atoms. The molecule has 0 aliphatic carbocycles. The number of aryl methyl sites for hydroxylation is 1. The fourth-order valence-corrected chi connectivity index (χ4v) is 4.12. The fraction of sp³-hybridized carbons (Fsp3) is 0.208. The van der Waals surface area contributed by atoms with Crippen LogP contribution in [0.3, 0.4) is 0 Å². The topological polar surface area (TPSA) is 168 Å². The Morgan fingerprint density at radius 3 is 2.12 bits per heavy atom. The van der Waals surface area contributed by atoms with Crippen molar-refractivity contribution in [1.82, 2.24) is 0 Å². The van der Waals surface area contributed by atoms with Gasteiger partial charge in [0.25, 0.3) is 0 Å². The molecule has 9 nitrogen and oxygen atoms in total. The standard InChI is InChI=1S/C24H22O9/c1-10-2-12(7-18(28)22(10)31)24-13(3-15-17(27)8-14(25)9-21(15)33-24)6-16(26)11-4-19(29)23(32)20(30)5-11/h2,4-5,7-9,13,24-25,27-32H,3,6H2,1H3/t13-,24+/m0/s1. The van der Waals surface area contributed by atoms with Crippen LogP contribution in [0.1, 0.15) is 39.6 Å². The highest BCUT2D eigenvalue weighted by Crippen LogP contribution is 2.47. The van der Waals surface area contributed by atoms with Gasteiger partial charge in [0.2, 0.25) is 0 Å². The summed E-state index contributed by atoms with van der Waals surface area (Å²) in [4.78, 5) is 13.0. The first-order valence-corrected chi connectivity index (χ1v) is 10.1. The summed E-state index contributed by atoms with van der Waals surface area (Å²) in [6, 6.07) is 7.49. The van der Waals surface area contributed by atoms with Gasteiger partial charge in [-0.05, 0) is 48.7 Å². The minimum atomic E-state index is -0.799. The number of phenols is 7. The number of phenolic OH excluding ortho intramolecular Hbond substituents is 7. The molecular formula is C24H22O9. The molecule has 0 saturated carbocycles. The molecule has 3 aromatic carbocycles. The number of Topliss-reactive ketones (excluding diaryl/α,β-unsaturated/α-hetero) is 1. The summed E-state index contributed by atoms with van der Waals surface area (Å²) in [5.41, 5.74) is 1.20. The molecule has 1 aliphatic rings. The van der Waals surface area contributed by atoms with E-state index in [1.807, 2.05) is 0 Å². The van der Waals surface area contributed by atoms with Crippen LogP contribution in [0, 0.1) is 12.8 Å². The third kappa shape index (κ3) is 4.00. The van der Waals surface area contributed by atoms with Crippen LogP contribution < -0.4 is 4.74 Å². The highest BCUT2D eigenvalue weighted by molar-refractivity contribution is 5.97. The minimum absolute atomic E-state index is 0.0352. The largest absolute Gasteiger partial charge is 0.508 e. The molecule has 0 aromatic heterocycles. The second kappa shape index (κ2) is 8.01. The first kappa shape index (κ1) is 21.9. The lowest BCUT2D eigenvalue weighted by molar-refractivity contribution is 0.0797. The van der Waals surface area contributed by atoms with Gasteiger partial charge in [0, 0.05) is 35.6 Å². The van der Waals surface area contributed by atoms with Crippen molar-refractivity contribution in [2.24, 2.45) is 5.92 Å². The van der Waals surface area contributed by atoms with Crippen LogP contribution in [-0.4, -0.2) is 41.5 Å². The smallest absolute Gasteiger partial charge is 0.200 e. The maximum atomic E-state index is 13.0. The van der Waals surface area contributed by atoms with E-state index in [4.69, 9.17) is 4.74 Å². The van der Waals surface area contributed by atoms with E-state index in [9.17, 15) is 40.5 Å². The molecule has 1 aliphatic heterocycles. The molecule has 4 rings (SSSR count). The van der Waals surface area contributed by atoms with Gasteiger partial charge in [-0.25, -0.2) is 0 Å². The molecule has 9 heteroatoms. The molecule has 3 aromatic rings. The summed E-state index contributed by atoms with van der Waals surface area (Å²) in [5, 5.41) is 69.2. The zero-order valence-electron chi connectivity index (χ0n) is 17.5. The van der Waals surface area contributed by atoms with Gasteiger partial charge in [0.1, 0.15) is 23.4 Å². The molecule has 7 N–H and O–H groups in total. The van der Waals surface area contributed by atoms with E-state index in [1.54, 1.807) is 13.0 Å². The number of benzene rings is 3. The second-order valence-electron chi connectivity index (χ2n) is 8.14. The second-order valence-corrected chi connectivity index (χ2v) is 8.14. The third-order valence-electron chi connectivity index (χ3n) is 5.79. The molecule has 172 valence electrons. The van der Waals surface area contributed by atoms with E-state index >= 15 is 0 Å². The van der Waals surface area contributed by atoms with Crippen molar-refractivity contribution in [3.63, 3.8) is 0 Å². The molecule has 0 fully saturated rings. The molecule has 33 heavy (non-hydrogen) atoms. The van der Waals surface area contributed by atoms with Crippen molar-refractivity contribution in [3.8, 4) is 46.0 Å². The molecule has 0 spiro atoms. The molecule has 0 amide bonds. The number of rotatable bonds is 4. The van der Waals surface area contributed by atoms with E-state index < -0.39 is 35.1 Å². The van der Waals surface area contributed by atoms with Crippen LogP contribution in [0.25, 0.3) is 0 Å². The lowest BCUT2D eigenvalue weighted by Gasteiger charge is -2.34. The molecule has 0 radical (unpaired) electrons. The van der Waals surface area contributed by atoms with E-state index in [1.165, 1.54) is 12.1 Å². The SMILES string of the molecule is Cc1cc([C@H]2Oc3cc(O)cc(O)c3C[C@H]2CC(=O)c2cc(O)c(O)c(O)c2)cc(O)c1O. The Hall–Kier alpha value is -4.27. The highest BCUT2D eigenvalue weighted by atomic mass is 16.5. The maximum absolute atomic E-state index is 13.0. The highest BCUT2D eigenvalue weighted by Gasteiger charge is 2.35. The Morgan fingerprint density at radius 1 is 0.848 bits per heavy atom. The minimum Gasteiger partial charge on any atom is -0.508 e. The number of ether oxygens (including phenoxy) is 1. The first-order chi connectivity index (χ1) is 15.5. The lowest BCUT2D eigenvalue weighted by atomic mass is 9.82. The van der Waals surface area contributed by atoms with Crippen LogP contribution in [0.2, 0.25) is 0 Å². The fourth-order valence-electron chi connectivity index (χ4n) is 4.12. The zero-order chi connectivity index (χ0) is 24.0. The molecule has 0 unspecified atom stereocenters. The van der Waals surface area contributed by atoms with Crippen LogP contribution in [0.5, 0.6) is 46.0 Å². The summed E-state index contributed by atoms with van der Waals surface area (Å²) in [7, 11) is 0. The van der Waals surface area contributed by atoms with E-state index in [2.05, 4.69) is 0 Å². The molecule has 2 atom stereocenters.